The Labute approximate surface area is 178 Å². The number of hydrogen-bond donors (Lipinski definition) is 2. The van der Waals surface area contributed by atoms with E-state index in [4.69, 9.17) is 19.9 Å². The molecule has 158 valence electrons. The van der Waals surface area contributed by atoms with E-state index in [1.54, 1.807) is 21.3 Å². The Bertz CT molecular complexity index is 904. The van der Waals surface area contributed by atoms with Crippen molar-refractivity contribution in [2.75, 3.05) is 27.9 Å². The van der Waals surface area contributed by atoms with E-state index in [1.165, 1.54) is 0 Å². The van der Waals surface area contributed by atoms with Crippen molar-refractivity contribution < 1.29 is 19.3 Å². The number of hydrogen-bond acceptors (Lipinski definition) is 5. The van der Waals surface area contributed by atoms with Crippen LogP contribution in [0.1, 0.15) is 28.7 Å². The maximum absolute atomic E-state index is 12.1. The van der Waals surface area contributed by atoms with E-state index in [1.807, 2.05) is 66.7 Å². The molecular weight excluding hydrogens is 378 g/mol. The highest BCUT2D eigenvalue weighted by molar-refractivity contribution is 5.51. The maximum Gasteiger partial charge on any atom is 0.140 e. The van der Waals surface area contributed by atoms with Gasteiger partial charge in [-0.15, -0.1) is 0 Å². The van der Waals surface area contributed by atoms with E-state index in [0.29, 0.717) is 6.54 Å². The number of methoxy groups -OCH3 is 3. The molecule has 0 aliphatic rings. The second-order valence-corrected chi connectivity index (χ2v) is 7.09. The van der Waals surface area contributed by atoms with Gasteiger partial charge in [-0.3, -0.25) is 0 Å². The zero-order chi connectivity index (χ0) is 21.6. The van der Waals surface area contributed by atoms with Crippen LogP contribution in [0.15, 0.2) is 66.7 Å². The average Bonchev–Trinajstić information content (AvgIpc) is 2.82. The van der Waals surface area contributed by atoms with Gasteiger partial charge in [0, 0.05) is 0 Å². The summed E-state index contributed by atoms with van der Waals surface area (Å²) >= 11 is 0. The molecule has 30 heavy (non-hydrogen) atoms. The first kappa shape index (κ1) is 21.7. The minimum Gasteiger partial charge on any atom is -0.497 e. The quantitative estimate of drug-likeness (QED) is 0.527. The Morgan fingerprint density at radius 3 is 1.67 bits per heavy atom. The van der Waals surface area contributed by atoms with Crippen molar-refractivity contribution in [3.8, 4) is 17.2 Å². The van der Waals surface area contributed by atoms with Crippen LogP contribution in [0.2, 0.25) is 0 Å². The van der Waals surface area contributed by atoms with Crippen LogP contribution in [0.4, 0.5) is 0 Å². The van der Waals surface area contributed by atoms with Crippen LogP contribution >= 0.6 is 0 Å². The number of benzene rings is 3. The molecule has 0 amide bonds. The minimum atomic E-state index is -1.36. The van der Waals surface area contributed by atoms with Crippen LogP contribution in [0, 0.1) is 0 Å². The molecule has 0 heterocycles. The molecule has 0 spiro atoms. The average molecular weight is 408 g/mol. The molecule has 0 aliphatic carbocycles. The summed E-state index contributed by atoms with van der Waals surface area (Å²) in [5.74, 6) is 2.25. The van der Waals surface area contributed by atoms with E-state index in [-0.39, 0.29) is 0 Å². The summed E-state index contributed by atoms with van der Waals surface area (Å²) in [6.07, 6.45) is 1.61. The normalized spacial score (nSPS) is 11.2. The summed E-state index contributed by atoms with van der Waals surface area (Å²) in [5.41, 5.74) is 7.60. The van der Waals surface area contributed by atoms with E-state index >= 15 is 0 Å². The summed E-state index contributed by atoms with van der Waals surface area (Å²) < 4.78 is 16.1. The third kappa shape index (κ3) is 4.27. The molecule has 3 rings (SSSR count). The number of aliphatic hydroxyl groups is 1. The summed E-state index contributed by atoms with van der Waals surface area (Å²) in [7, 11) is 4.90. The van der Waals surface area contributed by atoms with Gasteiger partial charge in [0.2, 0.25) is 0 Å². The molecule has 0 saturated carbocycles. The van der Waals surface area contributed by atoms with Gasteiger partial charge in [0.25, 0.3) is 0 Å². The second-order valence-electron chi connectivity index (χ2n) is 7.09. The highest BCUT2D eigenvalue weighted by Crippen LogP contribution is 2.39. The molecule has 0 radical (unpaired) electrons. The summed E-state index contributed by atoms with van der Waals surface area (Å²) in [5, 5.41) is 12.1. The van der Waals surface area contributed by atoms with Gasteiger partial charge >= 0.3 is 0 Å². The second kappa shape index (κ2) is 9.65. The molecule has 0 bridgehead atoms. The topological polar surface area (TPSA) is 73.9 Å². The predicted molar refractivity (Wildman–Crippen MR) is 118 cm³/mol. The lowest BCUT2D eigenvalue weighted by Crippen LogP contribution is -2.29. The molecule has 0 atom stereocenters. The van der Waals surface area contributed by atoms with Crippen molar-refractivity contribution >= 4 is 0 Å². The molecule has 3 aromatic rings. The van der Waals surface area contributed by atoms with Crippen molar-refractivity contribution in [3.63, 3.8) is 0 Å². The number of aryl methyl sites for hydroxylation is 1. The number of ether oxygens (including phenoxy) is 3. The van der Waals surface area contributed by atoms with Gasteiger partial charge in [-0.1, -0.05) is 30.3 Å². The summed E-state index contributed by atoms with van der Waals surface area (Å²) in [6.45, 7) is 0.592. The molecule has 5 nitrogen and oxygen atoms in total. The highest BCUT2D eigenvalue weighted by Gasteiger charge is 2.34. The smallest absolute Gasteiger partial charge is 0.140 e. The fraction of sp³-hybridized carbons (Fsp3) is 0.280. The largest absolute Gasteiger partial charge is 0.497 e. The van der Waals surface area contributed by atoms with Crippen LogP contribution in [-0.2, 0) is 12.0 Å². The molecule has 0 fully saturated rings. The molecule has 0 aromatic heterocycles. The standard InChI is InChI=1S/C25H29NO4/c1-28-22-11-6-19(7-12-22)25(27,20-8-13-23(29-2)14-9-20)21-10-15-24(30-3)18(17-21)5-4-16-26/h6-15,17,27H,4-5,16,26H2,1-3H3. The zero-order valence-electron chi connectivity index (χ0n) is 17.7. The fourth-order valence-electron chi connectivity index (χ4n) is 3.66. The molecule has 3 aromatic carbocycles. The third-order valence-corrected chi connectivity index (χ3v) is 5.36. The monoisotopic (exact) mass is 407 g/mol. The van der Waals surface area contributed by atoms with Gasteiger partial charge in [-0.2, -0.15) is 0 Å². The first-order valence-electron chi connectivity index (χ1n) is 9.95. The lowest BCUT2D eigenvalue weighted by atomic mass is 9.79. The van der Waals surface area contributed by atoms with Crippen LogP contribution in [0.5, 0.6) is 17.2 Å². The maximum atomic E-state index is 12.1. The van der Waals surface area contributed by atoms with Gasteiger partial charge in [0.15, 0.2) is 0 Å². The molecule has 0 aliphatic heterocycles. The lowest BCUT2D eigenvalue weighted by molar-refractivity contribution is 0.125. The van der Waals surface area contributed by atoms with E-state index in [9.17, 15) is 5.11 Å². The number of rotatable bonds is 9. The van der Waals surface area contributed by atoms with E-state index in [0.717, 1.165) is 52.3 Å². The van der Waals surface area contributed by atoms with Gasteiger partial charge in [0.05, 0.1) is 21.3 Å². The van der Waals surface area contributed by atoms with Crippen molar-refractivity contribution in [2.45, 2.75) is 18.4 Å². The van der Waals surface area contributed by atoms with Crippen molar-refractivity contribution in [2.24, 2.45) is 5.73 Å². The first-order chi connectivity index (χ1) is 14.6. The third-order valence-electron chi connectivity index (χ3n) is 5.36. The Morgan fingerprint density at radius 2 is 1.23 bits per heavy atom. The lowest BCUT2D eigenvalue weighted by Gasteiger charge is -2.31. The SMILES string of the molecule is COc1ccc(C(O)(c2ccc(OC)cc2)c2ccc(OC)c(CCCN)c2)cc1. The molecule has 5 heteroatoms. The fourth-order valence-corrected chi connectivity index (χ4v) is 3.66. The minimum absolute atomic E-state index is 0.592. The van der Waals surface area contributed by atoms with Crippen molar-refractivity contribution in [1.82, 2.24) is 0 Å². The van der Waals surface area contributed by atoms with Gasteiger partial charge in [-0.05, 0) is 78.0 Å². The van der Waals surface area contributed by atoms with E-state index in [2.05, 4.69) is 0 Å². The summed E-state index contributed by atoms with van der Waals surface area (Å²) in [6, 6.07) is 20.7. The van der Waals surface area contributed by atoms with Crippen LogP contribution < -0.4 is 19.9 Å². The highest BCUT2D eigenvalue weighted by atomic mass is 16.5. The van der Waals surface area contributed by atoms with E-state index < -0.39 is 5.60 Å². The molecule has 3 N–H and O–H groups in total. The molecule has 0 saturated heterocycles. The van der Waals surface area contributed by atoms with Crippen molar-refractivity contribution in [1.29, 1.82) is 0 Å². The first-order valence-corrected chi connectivity index (χ1v) is 9.95. The van der Waals surface area contributed by atoms with Crippen LogP contribution in [0.3, 0.4) is 0 Å². The Hall–Kier alpha value is -3.02. The Kier molecular flexibility index (Phi) is 6.98. The predicted octanol–water partition coefficient (Wildman–Crippen LogP) is 3.89. The molecule has 0 unspecified atom stereocenters. The number of nitrogens with two attached hydrogens (primary N) is 1. The van der Waals surface area contributed by atoms with Crippen LogP contribution in [0.25, 0.3) is 0 Å². The zero-order valence-corrected chi connectivity index (χ0v) is 17.7. The molecular formula is C25H29NO4. The van der Waals surface area contributed by atoms with Crippen molar-refractivity contribution in [3.05, 3.63) is 89.0 Å². The van der Waals surface area contributed by atoms with Gasteiger partial charge in [0.1, 0.15) is 22.8 Å². The Morgan fingerprint density at radius 1 is 0.733 bits per heavy atom. The van der Waals surface area contributed by atoms with Gasteiger partial charge in [-0.25, -0.2) is 0 Å². The Balaban J connectivity index is 2.17. The van der Waals surface area contributed by atoms with Crippen LogP contribution in [-0.4, -0.2) is 33.0 Å². The van der Waals surface area contributed by atoms with Gasteiger partial charge < -0.3 is 25.1 Å². The summed E-state index contributed by atoms with van der Waals surface area (Å²) in [4.78, 5) is 0.